The molecule has 0 amide bonds. The predicted molar refractivity (Wildman–Crippen MR) is 103 cm³/mol. The van der Waals surface area contributed by atoms with Crippen molar-refractivity contribution in [2.75, 3.05) is 11.9 Å². The molecule has 1 atom stereocenters. The van der Waals surface area contributed by atoms with E-state index in [2.05, 4.69) is 64.8 Å². The lowest BCUT2D eigenvalue weighted by molar-refractivity contribution is 0.287. The summed E-state index contributed by atoms with van der Waals surface area (Å²) in [7, 11) is 0. The van der Waals surface area contributed by atoms with Crippen LogP contribution in [0, 0.1) is 6.92 Å². The summed E-state index contributed by atoms with van der Waals surface area (Å²) in [6.45, 7) is 2.23. The van der Waals surface area contributed by atoms with E-state index in [-0.39, 0.29) is 12.6 Å². The van der Waals surface area contributed by atoms with Gasteiger partial charge in [-0.1, -0.05) is 60.2 Å². The number of allylic oxidation sites excluding steroid dienone is 1. The SMILES string of the molecule is Cc1ccc(C2=C[C@H](c3ccccc3)n3nc(CCCO)nc3N2)cc1. The number of hydrogen-bond acceptors (Lipinski definition) is 4. The second-order valence-electron chi connectivity index (χ2n) is 6.55. The molecule has 1 aromatic heterocycles. The number of aliphatic hydroxyl groups is 1. The van der Waals surface area contributed by atoms with Crippen LogP contribution in [-0.4, -0.2) is 26.5 Å². The number of aromatic nitrogens is 3. The van der Waals surface area contributed by atoms with Crippen LogP contribution in [0.3, 0.4) is 0 Å². The highest BCUT2D eigenvalue weighted by Gasteiger charge is 2.24. The molecule has 26 heavy (non-hydrogen) atoms. The molecular formula is C21H22N4O. The summed E-state index contributed by atoms with van der Waals surface area (Å²) < 4.78 is 1.93. The van der Waals surface area contributed by atoms with Gasteiger partial charge in [-0.15, -0.1) is 0 Å². The molecule has 2 aromatic carbocycles. The van der Waals surface area contributed by atoms with Gasteiger partial charge in [0.15, 0.2) is 5.82 Å². The maximum Gasteiger partial charge on any atom is 0.226 e. The molecule has 2 heterocycles. The molecule has 3 aromatic rings. The first-order valence-electron chi connectivity index (χ1n) is 8.92. The Bertz CT molecular complexity index is 913. The number of nitrogens with zero attached hydrogens (tertiary/aromatic N) is 3. The smallest absolute Gasteiger partial charge is 0.226 e. The van der Waals surface area contributed by atoms with Crippen molar-refractivity contribution in [1.29, 1.82) is 0 Å². The van der Waals surface area contributed by atoms with E-state index in [1.807, 2.05) is 22.9 Å². The quantitative estimate of drug-likeness (QED) is 0.741. The lowest BCUT2D eigenvalue weighted by Gasteiger charge is -2.24. The van der Waals surface area contributed by atoms with E-state index in [0.29, 0.717) is 12.8 Å². The topological polar surface area (TPSA) is 63.0 Å². The van der Waals surface area contributed by atoms with Crippen molar-refractivity contribution in [3.63, 3.8) is 0 Å². The van der Waals surface area contributed by atoms with Crippen LogP contribution in [0.25, 0.3) is 5.70 Å². The van der Waals surface area contributed by atoms with E-state index in [0.717, 1.165) is 23.0 Å². The summed E-state index contributed by atoms with van der Waals surface area (Å²) in [5.74, 6) is 1.49. The number of benzene rings is 2. The van der Waals surface area contributed by atoms with E-state index in [4.69, 9.17) is 5.11 Å². The molecule has 5 nitrogen and oxygen atoms in total. The first kappa shape index (κ1) is 16.5. The zero-order valence-electron chi connectivity index (χ0n) is 14.8. The highest BCUT2D eigenvalue weighted by molar-refractivity contribution is 5.77. The molecule has 2 N–H and O–H groups in total. The van der Waals surface area contributed by atoms with Crippen LogP contribution in [0.4, 0.5) is 5.95 Å². The minimum Gasteiger partial charge on any atom is -0.396 e. The van der Waals surface area contributed by atoms with Gasteiger partial charge >= 0.3 is 0 Å². The second-order valence-corrected chi connectivity index (χ2v) is 6.55. The molecule has 5 heteroatoms. The van der Waals surface area contributed by atoms with Gasteiger partial charge in [-0.25, -0.2) is 4.68 Å². The Morgan fingerprint density at radius 1 is 1.08 bits per heavy atom. The zero-order valence-corrected chi connectivity index (χ0v) is 14.8. The van der Waals surface area contributed by atoms with Gasteiger partial charge in [0.25, 0.3) is 0 Å². The van der Waals surface area contributed by atoms with Crippen molar-refractivity contribution in [1.82, 2.24) is 14.8 Å². The third kappa shape index (κ3) is 3.26. The van der Waals surface area contributed by atoms with Gasteiger partial charge in [-0.2, -0.15) is 10.1 Å². The number of aryl methyl sites for hydroxylation is 2. The summed E-state index contributed by atoms with van der Waals surface area (Å²) in [5.41, 5.74) is 4.56. The Balaban J connectivity index is 1.75. The Morgan fingerprint density at radius 2 is 1.85 bits per heavy atom. The lowest BCUT2D eigenvalue weighted by Crippen LogP contribution is -2.20. The Hall–Kier alpha value is -2.92. The molecule has 1 aliphatic heterocycles. The summed E-state index contributed by atoms with van der Waals surface area (Å²) in [4.78, 5) is 4.65. The van der Waals surface area contributed by atoms with Crippen molar-refractivity contribution < 1.29 is 5.11 Å². The lowest BCUT2D eigenvalue weighted by atomic mass is 10.0. The molecule has 0 fully saturated rings. The summed E-state index contributed by atoms with van der Waals surface area (Å²) in [6.07, 6.45) is 3.52. The molecule has 132 valence electrons. The van der Waals surface area contributed by atoms with Crippen LogP contribution in [-0.2, 0) is 6.42 Å². The van der Waals surface area contributed by atoms with Crippen molar-refractivity contribution in [2.24, 2.45) is 0 Å². The first-order valence-corrected chi connectivity index (χ1v) is 8.92. The fraction of sp³-hybridized carbons (Fsp3) is 0.238. The number of nitrogens with one attached hydrogen (secondary N) is 1. The van der Waals surface area contributed by atoms with Crippen molar-refractivity contribution in [3.05, 3.63) is 83.2 Å². The van der Waals surface area contributed by atoms with E-state index < -0.39 is 0 Å². The van der Waals surface area contributed by atoms with Gasteiger partial charge in [-0.3, -0.25) is 0 Å². The van der Waals surface area contributed by atoms with Crippen LogP contribution in [0.5, 0.6) is 0 Å². The predicted octanol–water partition coefficient (Wildman–Crippen LogP) is 3.57. The summed E-state index contributed by atoms with van der Waals surface area (Å²) in [5, 5.41) is 17.2. The average molecular weight is 346 g/mol. The van der Waals surface area contributed by atoms with E-state index in [1.165, 1.54) is 11.1 Å². The van der Waals surface area contributed by atoms with Crippen molar-refractivity contribution in [3.8, 4) is 0 Å². The molecular weight excluding hydrogens is 324 g/mol. The highest BCUT2D eigenvalue weighted by Crippen LogP contribution is 2.32. The van der Waals surface area contributed by atoms with Crippen LogP contribution in [0.15, 0.2) is 60.7 Å². The molecule has 0 spiro atoms. The number of anilines is 1. The van der Waals surface area contributed by atoms with Crippen LogP contribution >= 0.6 is 0 Å². The zero-order chi connectivity index (χ0) is 17.9. The standard InChI is InChI=1S/C21H22N4O/c1-15-9-11-16(12-10-15)18-14-19(17-6-3-2-4-7-17)25-21(22-18)23-20(24-25)8-5-13-26/h2-4,6-7,9-12,14,19,26H,5,8,13H2,1H3,(H,22,23,24)/t19-/m1/s1. The van der Waals surface area contributed by atoms with Gasteiger partial charge in [-0.05, 0) is 30.5 Å². The second kappa shape index (κ2) is 7.14. The van der Waals surface area contributed by atoms with E-state index in [9.17, 15) is 0 Å². The largest absolute Gasteiger partial charge is 0.396 e. The highest BCUT2D eigenvalue weighted by atomic mass is 16.2. The number of hydrogen-bond donors (Lipinski definition) is 2. The molecule has 0 unspecified atom stereocenters. The third-order valence-corrected chi connectivity index (χ3v) is 4.57. The fourth-order valence-electron chi connectivity index (χ4n) is 3.17. The fourth-order valence-corrected chi connectivity index (χ4v) is 3.17. The van der Waals surface area contributed by atoms with Gasteiger partial charge in [0.1, 0.15) is 6.04 Å². The summed E-state index contributed by atoms with van der Waals surface area (Å²) >= 11 is 0. The van der Waals surface area contributed by atoms with E-state index >= 15 is 0 Å². The third-order valence-electron chi connectivity index (χ3n) is 4.57. The Kier molecular flexibility index (Phi) is 4.54. The minimum absolute atomic E-state index is 0.0147. The van der Waals surface area contributed by atoms with Gasteiger partial charge in [0, 0.05) is 18.7 Å². The monoisotopic (exact) mass is 346 g/mol. The molecule has 0 bridgehead atoms. The van der Waals surface area contributed by atoms with Gasteiger partial charge < -0.3 is 10.4 Å². The molecule has 0 saturated carbocycles. The maximum absolute atomic E-state index is 9.09. The molecule has 0 saturated heterocycles. The maximum atomic E-state index is 9.09. The Morgan fingerprint density at radius 3 is 2.58 bits per heavy atom. The van der Waals surface area contributed by atoms with Crippen molar-refractivity contribution in [2.45, 2.75) is 25.8 Å². The average Bonchev–Trinajstić information content (AvgIpc) is 3.09. The Labute approximate surface area is 153 Å². The molecule has 0 radical (unpaired) electrons. The minimum atomic E-state index is -0.0147. The van der Waals surface area contributed by atoms with E-state index in [1.54, 1.807) is 0 Å². The number of rotatable bonds is 5. The van der Waals surface area contributed by atoms with Gasteiger partial charge in [0.2, 0.25) is 5.95 Å². The number of aliphatic hydroxyl groups excluding tert-OH is 1. The summed E-state index contributed by atoms with van der Waals surface area (Å²) in [6, 6.07) is 18.8. The van der Waals surface area contributed by atoms with Crippen LogP contribution < -0.4 is 5.32 Å². The normalized spacial score (nSPS) is 15.9. The number of fused-ring (bicyclic) bond motifs is 1. The first-order chi connectivity index (χ1) is 12.7. The molecule has 1 aliphatic rings. The molecule has 4 rings (SSSR count). The van der Waals surface area contributed by atoms with Crippen LogP contribution in [0.1, 0.15) is 35.0 Å². The molecule has 0 aliphatic carbocycles. The van der Waals surface area contributed by atoms with Crippen molar-refractivity contribution >= 4 is 11.6 Å². The van der Waals surface area contributed by atoms with Crippen LogP contribution in [0.2, 0.25) is 0 Å². The van der Waals surface area contributed by atoms with Gasteiger partial charge in [0.05, 0.1) is 0 Å².